The molecule has 0 bridgehead atoms. The number of hydrogen-bond donors (Lipinski definition) is 0. The van der Waals surface area contributed by atoms with Gasteiger partial charge in [-0.3, -0.25) is 4.90 Å². The first kappa shape index (κ1) is 17.8. The first-order valence-electron chi connectivity index (χ1n) is 8.79. The summed E-state index contributed by atoms with van der Waals surface area (Å²) in [6.45, 7) is 3.41. The Kier molecular flexibility index (Phi) is 5.01. The fourth-order valence-electron chi connectivity index (χ4n) is 3.34. The van der Waals surface area contributed by atoms with E-state index in [4.69, 9.17) is 16.6 Å². The second kappa shape index (κ2) is 7.58. The van der Waals surface area contributed by atoms with E-state index in [2.05, 4.69) is 14.8 Å². The Morgan fingerprint density at radius 3 is 2.59 bits per heavy atom. The minimum Gasteiger partial charge on any atom is -0.353 e. The number of carbonyl (C=O) groups is 1. The van der Waals surface area contributed by atoms with Gasteiger partial charge < -0.3 is 9.69 Å². The predicted molar refractivity (Wildman–Crippen MR) is 105 cm³/mol. The van der Waals surface area contributed by atoms with Crippen LogP contribution in [0.25, 0.3) is 22.3 Å². The van der Waals surface area contributed by atoms with Crippen molar-refractivity contribution < 1.29 is 9.18 Å². The Hall–Kier alpha value is -2.57. The van der Waals surface area contributed by atoms with Crippen LogP contribution in [0.4, 0.5) is 10.2 Å². The van der Waals surface area contributed by atoms with E-state index < -0.39 is 0 Å². The molecule has 1 aromatic heterocycles. The normalized spacial score (nSPS) is 15.3. The molecule has 1 fully saturated rings. The van der Waals surface area contributed by atoms with Crippen LogP contribution in [0.15, 0.2) is 42.5 Å². The molecule has 138 valence electrons. The fraction of sp³-hybridized carbons (Fsp3) is 0.250. The SMILES string of the molecule is O=CCN1CCN(c2nc(-c3ccccc3F)nc3ccc(Cl)cc23)CC1. The van der Waals surface area contributed by atoms with E-state index in [1.54, 1.807) is 24.3 Å². The van der Waals surface area contributed by atoms with Gasteiger partial charge in [0.1, 0.15) is 17.9 Å². The molecule has 1 saturated heterocycles. The molecule has 0 spiro atoms. The highest BCUT2D eigenvalue weighted by Gasteiger charge is 2.21. The van der Waals surface area contributed by atoms with Crippen LogP contribution in [0.2, 0.25) is 5.02 Å². The van der Waals surface area contributed by atoms with Gasteiger partial charge in [0.25, 0.3) is 0 Å². The Balaban J connectivity index is 1.79. The molecule has 0 atom stereocenters. The highest BCUT2D eigenvalue weighted by molar-refractivity contribution is 6.31. The van der Waals surface area contributed by atoms with Crippen LogP contribution in [-0.2, 0) is 4.79 Å². The van der Waals surface area contributed by atoms with Crippen molar-refractivity contribution in [1.82, 2.24) is 14.9 Å². The molecule has 0 unspecified atom stereocenters. The van der Waals surface area contributed by atoms with Gasteiger partial charge in [-0.05, 0) is 30.3 Å². The van der Waals surface area contributed by atoms with E-state index >= 15 is 0 Å². The lowest BCUT2D eigenvalue weighted by molar-refractivity contribution is -0.108. The van der Waals surface area contributed by atoms with Crippen molar-refractivity contribution in [3.05, 3.63) is 53.3 Å². The lowest BCUT2D eigenvalue weighted by Crippen LogP contribution is -2.47. The van der Waals surface area contributed by atoms with E-state index in [0.29, 0.717) is 23.0 Å². The van der Waals surface area contributed by atoms with Crippen LogP contribution < -0.4 is 4.90 Å². The molecule has 5 nitrogen and oxygen atoms in total. The van der Waals surface area contributed by atoms with Gasteiger partial charge in [0.05, 0.1) is 17.6 Å². The average molecular weight is 385 g/mol. The smallest absolute Gasteiger partial charge is 0.165 e. The first-order valence-corrected chi connectivity index (χ1v) is 9.16. The quantitative estimate of drug-likeness (QED) is 0.645. The molecule has 0 radical (unpaired) electrons. The number of rotatable bonds is 4. The van der Waals surface area contributed by atoms with Crippen LogP contribution in [-0.4, -0.2) is 53.9 Å². The zero-order valence-electron chi connectivity index (χ0n) is 14.6. The maximum atomic E-state index is 14.3. The molecule has 7 heteroatoms. The number of hydrogen-bond acceptors (Lipinski definition) is 5. The summed E-state index contributed by atoms with van der Waals surface area (Å²) in [5.41, 5.74) is 1.09. The van der Waals surface area contributed by atoms with Crippen molar-refractivity contribution in [3.8, 4) is 11.4 Å². The van der Waals surface area contributed by atoms with Crippen molar-refractivity contribution >= 4 is 34.6 Å². The molecular weight excluding hydrogens is 367 g/mol. The number of aromatic nitrogens is 2. The Bertz CT molecular complexity index is 989. The van der Waals surface area contributed by atoms with Crippen LogP contribution in [0.3, 0.4) is 0 Å². The summed E-state index contributed by atoms with van der Waals surface area (Å²) in [6, 6.07) is 11.9. The highest BCUT2D eigenvalue weighted by atomic mass is 35.5. The predicted octanol–water partition coefficient (Wildman–Crippen LogP) is 3.41. The molecule has 0 amide bonds. The number of halogens is 2. The Morgan fingerprint density at radius 1 is 1.07 bits per heavy atom. The van der Waals surface area contributed by atoms with E-state index in [1.165, 1.54) is 6.07 Å². The number of carbonyl (C=O) groups excluding carboxylic acids is 1. The third-order valence-corrected chi connectivity index (χ3v) is 4.99. The molecule has 1 aliphatic heterocycles. The molecule has 0 saturated carbocycles. The van der Waals surface area contributed by atoms with Gasteiger partial charge in [-0.1, -0.05) is 23.7 Å². The maximum Gasteiger partial charge on any atom is 0.165 e. The van der Waals surface area contributed by atoms with Gasteiger partial charge in [-0.2, -0.15) is 0 Å². The Morgan fingerprint density at radius 2 is 1.85 bits per heavy atom. The zero-order valence-corrected chi connectivity index (χ0v) is 15.4. The molecule has 0 aliphatic carbocycles. The minimum absolute atomic E-state index is 0.354. The van der Waals surface area contributed by atoms with Gasteiger partial charge in [-0.25, -0.2) is 14.4 Å². The average Bonchev–Trinajstić information content (AvgIpc) is 2.68. The van der Waals surface area contributed by atoms with Crippen molar-refractivity contribution in [1.29, 1.82) is 0 Å². The zero-order chi connectivity index (χ0) is 18.8. The largest absolute Gasteiger partial charge is 0.353 e. The van der Waals surface area contributed by atoms with Crippen molar-refractivity contribution in [2.75, 3.05) is 37.6 Å². The highest BCUT2D eigenvalue weighted by Crippen LogP contribution is 2.31. The van der Waals surface area contributed by atoms with Gasteiger partial charge in [0.15, 0.2) is 5.82 Å². The van der Waals surface area contributed by atoms with Crippen molar-refractivity contribution in [3.63, 3.8) is 0 Å². The number of benzene rings is 2. The summed E-state index contributed by atoms with van der Waals surface area (Å²) in [5.74, 6) is 0.743. The van der Waals surface area contributed by atoms with Gasteiger partial charge in [0.2, 0.25) is 0 Å². The minimum atomic E-state index is -0.354. The van der Waals surface area contributed by atoms with Crippen LogP contribution in [0.5, 0.6) is 0 Å². The lowest BCUT2D eigenvalue weighted by atomic mass is 10.1. The molecule has 3 aromatic rings. The van der Waals surface area contributed by atoms with Crippen molar-refractivity contribution in [2.45, 2.75) is 0 Å². The molecule has 0 N–H and O–H groups in total. The summed E-state index contributed by atoms with van der Waals surface area (Å²) >= 11 is 6.19. The summed E-state index contributed by atoms with van der Waals surface area (Å²) in [5, 5.41) is 1.44. The number of nitrogens with zero attached hydrogens (tertiary/aromatic N) is 4. The van der Waals surface area contributed by atoms with E-state index in [0.717, 1.165) is 49.2 Å². The first-order chi connectivity index (χ1) is 13.2. The van der Waals surface area contributed by atoms with Crippen LogP contribution in [0, 0.1) is 5.82 Å². The molecule has 1 aliphatic rings. The molecule has 27 heavy (non-hydrogen) atoms. The lowest BCUT2D eigenvalue weighted by Gasteiger charge is -2.35. The number of aldehydes is 1. The third kappa shape index (κ3) is 3.63. The standard InChI is InChI=1S/C20H18ClFN4O/c21-14-5-6-18-16(13-14)20(26-9-7-25(8-10-26)11-12-27)24-19(23-18)15-3-1-2-4-17(15)22/h1-6,12-13H,7-11H2. The van der Waals surface area contributed by atoms with Crippen LogP contribution in [0.1, 0.15) is 0 Å². The summed E-state index contributed by atoms with van der Waals surface area (Å²) in [6.07, 6.45) is 0.922. The van der Waals surface area contributed by atoms with E-state index in [1.807, 2.05) is 12.1 Å². The van der Waals surface area contributed by atoms with E-state index in [-0.39, 0.29) is 5.82 Å². The van der Waals surface area contributed by atoms with Crippen molar-refractivity contribution in [2.24, 2.45) is 0 Å². The molecule has 2 aromatic carbocycles. The second-order valence-electron chi connectivity index (χ2n) is 6.47. The third-order valence-electron chi connectivity index (χ3n) is 4.76. The summed E-state index contributed by atoms with van der Waals surface area (Å²) in [7, 11) is 0. The maximum absolute atomic E-state index is 14.3. The topological polar surface area (TPSA) is 49.3 Å². The molecule has 4 rings (SSSR count). The number of fused-ring (bicyclic) bond motifs is 1. The number of piperazine rings is 1. The molecule has 2 heterocycles. The van der Waals surface area contributed by atoms with Crippen LogP contribution >= 0.6 is 11.6 Å². The number of anilines is 1. The second-order valence-corrected chi connectivity index (χ2v) is 6.90. The summed E-state index contributed by atoms with van der Waals surface area (Å²) < 4.78 is 14.3. The van der Waals surface area contributed by atoms with Gasteiger partial charge in [0, 0.05) is 36.6 Å². The Labute approximate surface area is 161 Å². The van der Waals surface area contributed by atoms with E-state index in [9.17, 15) is 9.18 Å². The monoisotopic (exact) mass is 384 g/mol. The fourth-order valence-corrected chi connectivity index (χ4v) is 3.51. The molecular formula is C20H18ClFN4O. The summed E-state index contributed by atoms with van der Waals surface area (Å²) in [4.78, 5) is 24.2. The van der Waals surface area contributed by atoms with Gasteiger partial charge in [-0.15, -0.1) is 0 Å². The van der Waals surface area contributed by atoms with Gasteiger partial charge >= 0.3 is 0 Å².